The number of hydrogen-bond donors (Lipinski definition) is 0. The van der Waals surface area contributed by atoms with Crippen LogP contribution in [0.1, 0.15) is 17.3 Å². The smallest absolute Gasteiger partial charge is 0.376 e. The molecule has 2 aromatic rings. The number of halogens is 3. The first-order chi connectivity index (χ1) is 12.0. The van der Waals surface area contributed by atoms with Crippen molar-refractivity contribution in [3.63, 3.8) is 0 Å². The third-order valence-corrected chi connectivity index (χ3v) is 3.89. The Morgan fingerprint density at radius 2 is 2.08 bits per heavy atom. The average Bonchev–Trinajstić information content (AvgIpc) is 3.20. The van der Waals surface area contributed by atoms with E-state index in [0.29, 0.717) is 0 Å². The number of alkyl halides is 3. The summed E-state index contributed by atoms with van der Waals surface area (Å²) in [5.41, 5.74) is 0.0102. The van der Waals surface area contributed by atoms with Crippen molar-refractivity contribution in [2.45, 2.75) is 24.9 Å². The van der Waals surface area contributed by atoms with E-state index in [-0.39, 0.29) is 25.6 Å². The molecule has 1 aliphatic heterocycles. The van der Waals surface area contributed by atoms with Gasteiger partial charge in [0.15, 0.2) is 5.82 Å². The van der Waals surface area contributed by atoms with Crippen molar-refractivity contribution in [1.29, 1.82) is 0 Å². The van der Waals surface area contributed by atoms with Crippen molar-refractivity contribution in [2.24, 2.45) is 4.99 Å². The summed E-state index contributed by atoms with van der Waals surface area (Å²) in [5, 5.41) is 5.92. The highest BCUT2D eigenvalue weighted by Gasteiger charge is 2.41. The van der Waals surface area contributed by atoms with Crippen LogP contribution < -0.4 is 0 Å². The minimum absolute atomic E-state index is 0.0744. The Morgan fingerprint density at radius 3 is 2.76 bits per heavy atom. The predicted molar refractivity (Wildman–Crippen MR) is 86.8 cm³/mol. The fourth-order valence-electron chi connectivity index (χ4n) is 2.64. The second-order valence-electron chi connectivity index (χ2n) is 5.47. The minimum atomic E-state index is -4.57. The standard InChI is InChI=1S/C16H14F3N3O2S/c17-16(18,19)14-6-15(20-10-25)21-22(14)12-8-23-9-13(12)24-7-11-4-2-1-3-5-11/h1-6,12-13H,7-9H2/t12-,13-/m1/s1. The zero-order valence-electron chi connectivity index (χ0n) is 12.9. The minimum Gasteiger partial charge on any atom is -0.376 e. The quantitative estimate of drug-likeness (QED) is 0.594. The number of isothiocyanates is 1. The summed E-state index contributed by atoms with van der Waals surface area (Å²) in [4.78, 5) is 3.54. The monoisotopic (exact) mass is 369 g/mol. The first-order valence-corrected chi connectivity index (χ1v) is 7.88. The average molecular weight is 369 g/mol. The van der Waals surface area contributed by atoms with Gasteiger partial charge in [0.1, 0.15) is 17.8 Å². The number of ether oxygens (including phenoxy) is 2. The molecule has 2 heterocycles. The molecule has 0 spiro atoms. The van der Waals surface area contributed by atoms with E-state index in [9.17, 15) is 13.2 Å². The van der Waals surface area contributed by atoms with Crippen LogP contribution in [0, 0.1) is 0 Å². The molecule has 0 unspecified atom stereocenters. The number of aliphatic imine (C=N–C) groups is 1. The predicted octanol–water partition coefficient (Wildman–Crippen LogP) is 3.79. The molecule has 1 fully saturated rings. The van der Waals surface area contributed by atoms with Gasteiger partial charge in [-0.15, -0.1) is 0 Å². The lowest BCUT2D eigenvalue weighted by molar-refractivity contribution is -0.145. The number of rotatable bonds is 5. The lowest BCUT2D eigenvalue weighted by Crippen LogP contribution is -2.29. The summed E-state index contributed by atoms with van der Waals surface area (Å²) in [7, 11) is 0. The lowest BCUT2D eigenvalue weighted by Gasteiger charge is -2.21. The molecule has 0 saturated carbocycles. The van der Waals surface area contributed by atoms with E-state index in [1.165, 1.54) is 0 Å². The molecular weight excluding hydrogens is 355 g/mol. The van der Waals surface area contributed by atoms with E-state index in [1.54, 1.807) is 0 Å². The first kappa shape index (κ1) is 17.8. The molecule has 3 rings (SSSR count). The zero-order valence-corrected chi connectivity index (χ0v) is 13.8. The Kier molecular flexibility index (Phi) is 5.29. The first-order valence-electron chi connectivity index (χ1n) is 7.47. The van der Waals surface area contributed by atoms with Crippen LogP contribution in [0.15, 0.2) is 41.4 Å². The molecule has 1 aromatic heterocycles. The number of thiocarbonyl (C=S) groups is 1. The third kappa shape index (κ3) is 4.13. The highest BCUT2D eigenvalue weighted by atomic mass is 32.1. The van der Waals surface area contributed by atoms with Gasteiger partial charge in [-0.25, -0.2) is 0 Å². The van der Waals surface area contributed by atoms with Gasteiger partial charge in [0.25, 0.3) is 0 Å². The Bertz CT molecular complexity index is 773. The molecule has 0 radical (unpaired) electrons. The van der Waals surface area contributed by atoms with Gasteiger partial charge >= 0.3 is 6.18 Å². The van der Waals surface area contributed by atoms with Crippen LogP contribution in [-0.4, -0.2) is 34.3 Å². The molecule has 25 heavy (non-hydrogen) atoms. The van der Waals surface area contributed by atoms with Gasteiger partial charge in [0, 0.05) is 6.07 Å². The SMILES string of the molecule is FC(F)(F)c1cc(N=C=S)nn1[C@@H]1COC[C@H]1OCc1ccccc1. The maximum atomic E-state index is 13.3. The largest absolute Gasteiger partial charge is 0.433 e. The van der Waals surface area contributed by atoms with Crippen molar-refractivity contribution in [1.82, 2.24) is 9.78 Å². The molecule has 9 heteroatoms. The Labute approximate surface area is 147 Å². The van der Waals surface area contributed by atoms with Crippen LogP contribution in [0.25, 0.3) is 0 Å². The van der Waals surface area contributed by atoms with Gasteiger partial charge in [-0.1, -0.05) is 30.3 Å². The van der Waals surface area contributed by atoms with Gasteiger partial charge in [0.2, 0.25) is 0 Å². The van der Waals surface area contributed by atoms with E-state index in [4.69, 9.17) is 9.47 Å². The van der Waals surface area contributed by atoms with Gasteiger partial charge in [0.05, 0.1) is 25.0 Å². The van der Waals surface area contributed by atoms with Crippen molar-refractivity contribution < 1.29 is 22.6 Å². The number of nitrogens with zero attached hydrogens (tertiary/aromatic N) is 3. The van der Waals surface area contributed by atoms with E-state index >= 15 is 0 Å². The summed E-state index contributed by atoms with van der Waals surface area (Å²) in [5.74, 6) is -0.143. The van der Waals surface area contributed by atoms with Crippen LogP contribution in [0.3, 0.4) is 0 Å². The fourth-order valence-corrected chi connectivity index (χ4v) is 2.73. The third-order valence-electron chi connectivity index (χ3n) is 3.79. The Hall–Kier alpha value is -2.06. The van der Waals surface area contributed by atoms with Crippen molar-refractivity contribution in [2.75, 3.05) is 13.2 Å². The molecule has 0 N–H and O–H groups in total. The summed E-state index contributed by atoms with van der Waals surface area (Å²) < 4.78 is 51.9. The van der Waals surface area contributed by atoms with E-state index in [1.807, 2.05) is 35.5 Å². The van der Waals surface area contributed by atoms with Crippen molar-refractivity contribution >= 4 is 23.2 Å². The topological polar surface area (TPSA) is 48.6 Å². The van der Waals surface area contributed by atoms with Crippen molar-refractivity contribution in [3.05, 3.63) is 47.7 Å². The van der Waals surface area contributed by atoms with Gasteiger partial charge in [-0.2, -0.15) is 23.3 Å². The van der Waals surface area contributed by atoms with Crippen LogP contribution in [0.4, 0.5) is 19.0 Å². The molecule has 5 nitrogen and oxygen atoms in total. The summed E-state index contributed by atoms with van der Waals surface area (Å²) >= 11 is 4.44. The van der Waals surface area contributed by atoms with Crippen LogP contribution in [0.2, 0.25) is 0 Å². The Balaban J connectivity index is 1.83. The number of hydrogen-bond acceptors (Lipinski definition) is 5. The Morgan fingerprint density at radius 1 is 1.32 bits per heavy atom. The maximum absolute atomic E-state index is 13.3. The summed E-state index contributed by atoms with van der Waals surface area (Å²) in [6.45, 7) is 0.546. The molecule has 132 valence electrons. The molecular formula is C16H14F3N3O2S. The van der Waals surface area contributed by atoms with E-state index < -0.39 is 24.0 Å². The molecule has 0 amide bonds. The zero-order chi connectivity index (χ0) is 17.9. The fraction of sp³-hybridized carbons (Fsp3) is 0.375. The molecule has 0 aliphatic carbocycles. The van der Waals surface area contributed by atoms with E-state index in [2.05, 4.69) is 22.3 Å². The van der Waals surface area contributed by atoms with Crippen LogP contribution >= 0.6 is 12.2 Å². The van der Waals surface area contributed by atoms with Crippen molar-refractivity contribution in [3.8, 4) is 0 Å². The number of aromatic nitrogens is 2. The van der Waals surface area contributed by atoms with Crippen LogP contribution in [0.5, 0.6) is 0 Å². The summed E-state index contributed by atoms with van der Waals surface area (Å²) in [6.07, 6.45) is -5.13. The van der Waals surface area contributed by atoms with Crippen LogP contribution in [-0.2, 0) is 22.3 Å². The second kappa shape index (κ2) is 7.45. The molecule has 0 bridgehead atoms. The lowest BCUT2D eigenvalue weighted by atomic mass is 10.2. The molecule has 1 saturated heterocycles. The maximum Gasteiger partial charge on any atom is 0.433 e. The van der Waals surface area contributed by atoms with Gasteiger partial charge in [-0.3, -0.25) is 4.68 Å². The highest BCUT2D eigenvalue weighted by molar-refractivity contribution is 7.78. The normalized spacial score (nSPS) is 20.4. The van der Waals surface area contributed by atoms with E-state index in [0.717, 1.165) is 16.3 Å². The van der Waals surface area contributed by atoms with Gasteiger partial charge in [-0.05, 0) is 17.8 Å². The van der Waals surface area contributed by atoms with Gasteiger partial charge < -0.3 is 9.47 Å². The molecule has 2 atom stereocenters. The highest BCUT2D eigenvalue weighted by Crippen LogP contribution is 2.35. The molecule has 1 aromatic carbocycles. The number of benzene rings is 1. The molecule has 1 aliphatic rings. The second-order valence-corrected chi connectivity index (χ2v) is 5.66. The summed E-state index contributed by atoms with van der Waals surface area (Å²) in [6, 6.07) is 9.51.